The Hall–Kier alpha value is -3.00. The Bertz CT molecular complexity index is 1050. The normalized spacial score (nSPS) is 11.0. The van der Waals surface area contributed by atoms with Crippen molar-refractivity contribution in [2.24, 2.45) is 5.10 Å². The van der Waals surface area contributed by atoms with E-state index in [1.165, 1.54) is 12.3 Å². The number of nitrogens with zero attached hydrogens (tertiary/aromatic N) is 3. The quantitative estimate of drug-likeness (QED) is 0.427. The van der Waals surface area contributed by atoms with E-state index in [0.717, 1.165) is 21.4 Å². The van der Waals surface area contributed by atoms with Crippen molar-refractivity contribution in [1.29, 1.82) is 0 Å². The van der Waals surface area contributed by atoms with Gasteiger partial charge >= 0.3 is 0 Å². The highest BCUT2D eigenvalue weighted by atomic mass is 79.9. The zero-order chi connectivity index (χ0) is 20.8. The minimum absolute atomic E-state index is 0.0708. The Morgan fingerprint density at radius 2 is 2.07 bits per heavy atom. The van der Waals surface area contributed by atoms with Crippen LogP contribution >= 0.6 is 15.9 Å². The number of carbonyl (C=O) groups excluding carboxylic acids is 1. The van der Waals surface area contributed by atoms with Crippen molar-refractivity contribution in [3.8, 4) is 5.75 Å². The Kier molecular flexibility index (Phi) is 6.77. The van der Waals surface area contributed by atoms with E-state index in [9.17, 15) is 9.18 Å². The molecular formula is C21H20BrFN4O2. The third-order valence-corrected chi connectivity index (χ3v) is 5.35. The number of hydrogen-bond acceptors (Lipinski definition) is 4. The number of ether oxygens (including phenoxy) is 1. The molecule has 0 saturated heterocycles. The van der Waals surface area contributed by atoms with Gasteiger partial charge in [0.1, 0.15) is 24.7 Å². The number of amides is 1. The Morgan fingerprint density at radius 1 is 1.28 bits per heavy atom. The van der Waals surface area contributed by atoms with Crippen LogP contribution < -0.4 is 10.2 Å². The molecule has 29 heavy (non-hydrogen) atoms. The average molecular weight is 459 g/mol. The third-order valence-electron chi connectivity index (χ3n) is 4.20. The molecule has 0 aliphatic heterocycles. The largest absolute Gasteiger partial charge is 0.489 e. The van der Waals surface area contributed by atoms with E-state index >= 15 is 0 Å². The molecule has 8 heteroatoms. The number of nitrogens with one attached hydrogen (secondary N) is 1. The Morgan fingerprint density at radius 3 is 2.79 bits per heavy atom. The molecule has 0 radical (unpaired) electrons. The van der Waals surface area contributed by atoms with Gasteiger partial charge in [-0.3, -0.25) is 9.48 Å². The average Bonchev–Trinajstić information content (AvgIpc) is 2.94. The molecule has 1 heterocycles. The first-order valence-corrected chi connectivity index (χ1v) is 9.71. The fourth-order valence-corrected chi connectivity index (χ4v) is 2.92. The molecule has 1 amide bonds. The van der Waals surface area contributed by atoms with Crippen LogP contribution in [0.4, 0.5) is 4.39 Å². The number of carbonyl (C=O) groups is 1. The molecule has 1 N–H and O–H groups in total. The lowest BCUT2D eigenvalue weighted by atomic mass is 10.2. The van der Waals surface area contributed by atoms with Crippen LogP contribution in [0.25, 0.3) is 0 Å². The van der Waals surface area contributed by atoms with Crippen molar-refractivity contribution >= 4 is 28.1 Å². The smallest absolute Gasteiger partial charge is 0.261 e. The van der Waals surface area contributed by atoms with Crippen molar-refractivity contribution in [2.75, 3.05) is 0 Å². The minimum Gasteiger partial charge on any atom is -0.489 e. The molecular weight excluding hydrogens is 439 g/mol. The highest BCUT2D eigenvalue weighted by molar-refractivity contribution is 9.10. The SMILES string of the molecule is Cc1nn(CC(=O)N/N=C/c2cccc(OCc3ccccc3F)c2)c(C)c1Br. The van der Waals surface area contributed by atoms with E-state index in [0.29, 0.717) is 11.3 Å². The van der Waals surface area contributed by atoms with Gasteiger partial charge in [-0.05, 0) is 53.5 Å². The van der Waals surface area contributed by atoms with E-state index in [2.05, 4.69) is 31.6 Å². The number of aromatic nitrogens is 2. The van der Waals surface area contributed by atoms with Crippen LogP contribution in [0.3, 0.4) is 0 Å². The Balaban J connectivity index is 1.55. The van der Waals surface area contributed by atoms with Gasteiger partial charge < -0.3 is 4.74 Å². The lowest BCUT2D eigenvalue weighted by molar-refractivity contribution is -0.121. The summed E-state index contributed by atoms with van der Waals surface area (Å²) in [6.07, 6.45) is 1.52. The second-order valence-electron chi connectivity index (χ2n) is 6.39. The summed E-state index contributed by atoms with van der Waals surface area (Å²) in [4.78, 5) is 12.1. The number of hydrazone groups is 1. The first-order valence-electron chi connectivity index (χ1n) is 8.91. The molecule has 0 atom stereocenters. The lowest BCUT2D eigenvalue weighted by Crippen LogP contribution is -2.24. The van der Waals surface area contributed by atoms with E-state index in [4.69, 9.17) is 4.74 Å². The van der Waals surface area contributed by atoms with Gasteiger partial charge in [0.15, 0.2) is 0 Å². The zero-order valence-corrected chi connectivity index (χ0v) is 17.6. The van der Waals surface area contributed by atoms with Crippen molar-refractivity contribution in [1.82, 2.24) is 15.2 Å². The molecule has 0 spiro atoms. The van der Waals surface area contributed by atoms with E-state index < -0.39 is 0 Å². The molecule has 3 rings (SSSR count). The molecule has 0 aliphatic carbocycles. The van der Waals surface area contributed by atoms with Crippen LogP contribution in [0.15, 0.2) is 58.1 Å². The summed E-state index contributed by atoms with van der Waals surface area (Å²) in [6, 6.07) is 13.6. The molecule has 0 unspecified atom stereocenters. The molecule has 2 aromatic carbocycles. The fourth-order valence-electron chi connectivity index (χ4n) is 2.64. The summed E-state index contributed by atoms with van der Waals surface area (Å²) in [7, 11) is 0. The van der Waals surface area contributed by atoms with Gasteiger partial charge in [0.2, 0.25) is 0 Å². The lowest BCUT2D eigenvalue weighted by Gasteiger charge is -2.07. The molecule has 6 nitrogen and oxygen atoms in total. The van der Waals surface area contributed by atoms with Gasteiger partial charge in [0, 0.05) is 5.56 Å². The van der Waals surface area contributed by atoms with Gasteiger partial charge in [-0.15, -0.1) is 0 Å². The number of aryl methyl sites for hydroxylation is 1. The fraction of sp³-hybridized carbons (Fsp3) is 0.190. The number of hydrogen-bond donors (Lipinski definition) is 1. The number of benzene rings is 2. The van der Waals surface area contributed by atoms with Crippen molar-refractivity contribution in [3.63, 3.8) is 0 Å². The summed E-state index contributed by atoms with van der Waals surface area (Å²) in [5, 5.41) is 8.27. The monoisotopic (exact) mass is 458 g/mol. The van der Waals surface area contributed by atoms with E-state index in [1.54, 1.807) is 41.1 Å². The van der Waals surface area contributed by atoms with Gasteiger partial charge in [-0.25, -0.2) is 9.82 Å². The van der Waals surface area contributed by atoms with Crippen LogP contribution in [0, 0.1) is 19.7 Å². The number of halogens is 2. The summed E-state index contributed by atoms with van der Waals surface area (Å²) in [5.74, 6) is -0.00935. The summed E-state index contributed by atoms with van der Waals surface area (Å²) in [5.41, 5.74) is 5.41. The second-order valence-corrected chi connectivity index (χ2v) is 7.18. The predicted molar refractivity (Wildman–Crippen MR) is 112 cm³/mol. The summed E-state index contributed by atoms with van der Waals surface area (Å²) < 4.78 is 21.8. The second kappa shape index (κ2) is 9.47. The van der Waals surface area contributed by atoms with Crippen LogP contribution in [0.2, 0.25) is 0 Å². The standard InChI is InChI=1S/C21H20BrFN4O2/c1-14-21(22)15(2)27(26-14)12-20(28)25-24-11-16-6-5-8-18(10-16)29-13-17-7-3-4-9-19(17)23/h3-11H,12-13H2,1-2H3,(H,25,28)/b24-11+. The van der Waals surface area contributed by atoms with Gasteiger partial charge in [0.25, 0.3) is 5.91 Å². The first kappa shape index (κ1) is 20.7. The maximum atomic E-state index is 13.7. The summed E-state index contributed by atoms with van der Waals surface area (Å²) >= 11 is 3.43. The van der Waals surface area contributed by atoms with Crippen molar-refractivity contribution < 1.29 is 13.9 Å². The minimum atomic E-state index is -0.303. The predicted octanol–water partition coefficient (Wildman–Crippen LogP) is 4.13. The van der Waals surface area contributed by atoms with Crippen LogP contribution in [0.5, 0.6) is 5.75 Å². The Labute approximate surface area is 176 Å². The maximum Gasteiger partial charge on any atom is 0.261 e. The molecule has 0 aliphatic rings. The van der Waals surface area contributed by atoms with E-state index in [-0.39, 0.29) is 24.9 Å². The van der Waals surface area contributed by atoms with Crippen molar-refractivity contribution in [2.45, 2.75) is 27.0 Å². The van der Waals surface area contributed by atoms with Gasteiger partial charge in [0.05, 0.1) is 22.1 Å². The molecule has 1 aromatic heterocycles. The summed E-state index contributed by atoms with van der Waals surface area (Å²) in [6.45, 7) is 3.95. The molecule has 0 bridgehead atoms. The molecule has 150 valence electrons. The molecule has 0 saturated carbocycles. The zero-order valence-electron chi connectivity index (χ0n) is 16.0. The topological polar surface area (TPSA) is 68.5 Å². The third kappa shape index (κ3) is 5.51. The maximum absolute atomic E-state index is 13.7. The van der Waals surface area contributed by atoms with E-state index in [1.807, 2.05) is 19.9 Å². The first-order chi connectivity index (χ1) is 13.9. The highest BCUT2D eigenvalue weighted by Crippen LogP contribution is 2.19. The highest BCUT2D eigenvalue weighted by Gasteiger charge is 2.11. The molecule has 3 aromatic rings. The number of rotatable bonds is 7. The van der Waals surface area contributed by atoms with Crippen LogP contribution in [-0.2, 0) is 17.9 Å². The van der Waals surface area contributed by atoms with Gasteiger partial charge in [-0.1, -0.05) is 30.3 Å². The van der Waals surface area contributed by atoms with Crippen LogP contribution in [0.1, 0.15) is 22.5 Å². The van der Waals surface area contributed by atoms with Gasteiger partial charge in [-0.2, -0.15) is 10.2 Å². The van der Waals surface area contributed by atoms with Crippen LogP contribution in [-0.4, -0.2) is 21.9 Å². The van der Waals surface area contributed by atoms with Crippen molar-refractivity contribution in [3.05, 3.63) is 81.3 Å². The molecule has 0 fully saturated rings.